The molecule has 0 amide bonds. The second-order valence-corrected chi connectivity index (χ2v) is 4.27. The molecule has 5 heteroatoms. The second kappa shape index (κ2) is 3.99. The van der Waals surface area contributed by atoms with Crippen LogP contribution in [0.5, 0.6) is 0 Å². The molecule has 1 saturated carbocycles. The van der Waals surface area contributed by atoms with Crippen LogP contribution in [0.25, 0.3) is 0 Å². The van der Waals surface area contributed by atoms with Crippen molar-refractivity contribution in [3.05, 3.63) is 12.2 Å². The van der Waals surface area contributed by atoms with Crippen molar-refractivity contribution in [1.29, 1.82) is 5.26 Å². The molecule has 1 aliphatic carbocycles. The van der Waals surface area contributed by atoms with E-state index in [-0.39, 0.29) is 5.41 Å². The summed E-state index contributed by atoms with van der Waals surface area (Å²) in [6.07, 6.45) is 4.70. The summed E-state index contributed by atoms with van der Waals surface area (Å²) in [5.41, 5.74) is 0.254. The van der Waals surface area contributed by atoms with Crippen LogP contribution in [0.4, 0.5) is 0 Å². The predicted molar refractivity (Wildman–Crippen MR) is 54.6 cm³/mol. The van der Waals surface area contributed by atoms with E-state index in [2.05, 4.69) is 21.5 Å². The van der Waals surface area contributed by atoms with Crippen LogP contribution in [-0.4, -0.2) is 21.3 Å². The number of rotatable bonds is 5. The van der Waals surface area contributed by atoms with Crippen LogP contribution in [0.3, 0.4) is 0 Å². The van der Waals surface area contributed by atoms with E-state index in [0.717, 1.165) is 12.4 Å². The molecule has 0 unspecified atom stereocenters. The SMILES string of the molecule is Cn1cnc(CNCC2(CC#N)CC2)n1. The van der Waals surface area contributed by atoms with Gasteiger partial charge in [-0.15, -0.1) is 0 Å². The third-order valence-electron chi connectivity index (χ3n) is 2.84. The second-order valence-electron chi connectivity index (χ2n) is 4.27. The average molecular weight is 205 g/mol. The van der Waals surface area contributed by atoms with Crippen LogP contribution in [0, 0.1) is 16.7 Å². The van der Waals surface area contributed by atoms with E-state index in [0.29, 0.717) is 13.0 Å². The highest BCUT2D eigenvalue weighted by atomic mass is 15.3. The molecular weight excluding hydrogens is 190 g/mol. The Morgan fingerprint density at radius 3 is 3.00 bits per heavy atom. The van der Waals surface area contributed by atoms with Crippen molar-refractivity contribution in [1.82, 2.24) is 20.1 Å². The number of hydrogen-bond acceptors (Lipinski definition) is 4. The Labute approximate surface area is 89.1 Å². The van der Waals surface area contributed by atoms with Crippen molar-refractivity contribution in [3.8, 4) is 6.07 Å². The molecule has 1 aromatic rings. The van der Waals surface area contributed by atoms with Crippen molar-refractivity contribution in [3.63, 3.8) is 0 Å². The normalized spacial score (nSPS) is 17.3. The Kier molecular flexibility index (Phi) is 2.69. The van der Waals surface area contributed by atoms with Gasteiger partial charge in [0.25, 0.3) is 0 Å². The molecule has 0 aromatic carbocycles. The summed E-state index contributed by atoms with van der Waals surface area (Å²) < 4.78 is 1.69. The van der Waals surface area contributed by atoms with Gasteiger partial charge < -0.3 is 5.32 Å². The van der Waals surface area contributed by atoms with E-state index >= 15 is 0 Å². The van der Waals surface area contributed by atoms with Crippen molar-refractivity contribution in [2.24, 2.45) is 12.5 Å². The van der Waals surface area contributed by atoms with E-state index in [4.69, 9.17) is 5.26 Å². The zero-order valence-corrected chi connectivity index (χ0v) is 8.90. The molecule has 15 heavy (non-hydrogen) atoms. The zero-order chi connectivity index (χ0) is 10.7. The minimum Gasteiger partial charge on any atom is -0.309 e. The summed E-state index contributed by atoms with van der Waals surface area (Å²) in [6, 6.07) is 2.25. The highest BCUT2D eigenvalue weighted by Crippen LogP contribution is 2.47. The summed E-state index contributed by atoms with van der Waals surface area (Å²) in [5, 5.41) is 16.1. The Morgan fingerprint density at radius 1 is 1.67 bits per heavy atom. The number of aromatic nitrogens is 3. The first-order valence-corrected chi connectivity index (χ1v) is 5.16. The lowest BCUT2D eigenvalue weighted by Crippen LogP contribution is -2.24. The predicted octanol–water partition coefficient (Wildman–Crippen LogP) is 0.599. The average Bonchev–Trinajstić information content (AvgIpc) is 2.83. The van der Waals surface area contributed by atoms with Gasteiger partial charge in [0.05, 0.1) is 12.6 Å². The number of nitrogens with one attached hydrogen (secondary N) is 1. The standard InChI is InChI=1S/C10H15N5/c1-15-8-13-9(14-15)6-12-7-10(2-3-10)4-5-11/h8,12H,2-4,6-7H2,1H3. The van der Waals surface area contributed by atoms with Crippen molar-refractivity contribution in [2.75, 3.05) is 6.54 Å². The first kappa shape index (κ1) is 10.1. The van der Waals surface area contributed by atoms with Gasteiger partial charge in [-0.3, -0.25) is 4.68 Å². The van der Waals surface area contributed by atoms with E-state index in [1.807, 2.05) is 7.05 Å². The maximum Gasteiger partial charge on any atom is 0.164 e. The highest BCUT2D eigenvalue weighted by molar-refractivity contribution is 5.00. The van der Waals surface area contributed by atoms with Gasteiger partial charge in [0.15, 0.2) is 5.82 Å². The lowest BCUT2D eigenvalue weighted by Gasteiger charge is -2.10. The summed E-state index contributed by atoms with van der Waals surface area (Å²) in [6.45, 7) is 1.59. The fraction of sp³-hybridized carbons (Fsp3) is 0.700. The van der Waals surface area contributed by atoms with E-state index in [1.165, 1.54) is 12.8 Å². The third-order valence-corrected chi connectivity index (χ3v) is 2.84. The molecule has 1 fully saturated rings. The molecular formula is C10H15N5. The van der Waals surface area contributed by atoms with Gasteiger partial charge in [-0.25, -0.2) is 4.98 Å². The lowest BCUT2D eigenvalue weighted by atomic mass is 10.0. The number of aryl methyl sites for hydroxylation is 1. The van der Waals surface area contributed by atoms with Gasteiger partial charge in [-0.1, -0.05) is 0 Å². The maximum atomic E-state index is 8.66. The van der Waals surface area contributed by atoms with E-state index in [1.54, 1.807) is 11.0 Å². The number of hydrogen-bond donors (Lipinski definition) is 1. The smallest absolute Gasteiger partial charge is 0.164 e. The Hall–Kier alpha value is -1.41. The largest absolute Gasteiger partial charge is 0.309 e. The molecule has 0 saturated heterocycles. The van der Waals surface area contributed by atoms with Crippen LogP contribution in [0.1, 0.15) is 25.1 Å². The molecule has 1 N–H and O–H groups in total. The molecule has 5 nitrogen and oxygen atoms in total. The third kappa shape index (κ3) is 2.54. The minimum atomic E-state index is 0.254. The number of nitrogens with zero attached hydrogens (tertiary/aromatic N) is 4. The summed E-state index contributed by atoms with van der Waals surface area (Å²) in [4.78, 5) is 4.13. The molecule has 2 rings (SSSR count). The summed E-state index contributed by atoms with van der Waals surface area (Å²) in [5.74, 6) is 0.810. The molecule has 1 heterocycles. The fourth-order valence-electron chi connectivity index (χ4n) is 1.66. The fourth-order valence-corrected chi connectivity index (χ4v) is 1.66. The molecule has 0 radical (unpaired) electrons. The Bertz CT molecular complexity index is 371. The van der Waals surface area contributed by atoms with Crippen LogP contribution in [-0.2, 0) is 13.6 Å². The molecule has 0 spiro atoms. The minimum absolute atomic E-state index is 0.254. The van der Waals surface area contributed by atoms with Gasteiger partial charge in [0, 0.05) is 20.0 Å². The molecule has 0 bridgehead atoms. The van der Waals surface area contributed by atoms with Gasteiger partial charge >= 0.3 is 0 Å². The van der Waals surface area contributed by atoms with Crippen molar-refractivity contribution in [2.45, 2.75) is 25.8 Å². The number of nitriles is 1. The quantitative estimate of drug-likeness (QED) is 0.764. The first-order valence-electron chi connectivity index (χ1n) is 5.16. The Morgan fingerprint density at radius 2 is 2.47 bits per heavy atom. The van der Waals surface area contributed by atoms with Crippen molar-refractivity contribution >= 4 is 0 Å². The van der Waals surface area contributed by atoms with Crippen LogP contribution >= 0.6 is 0 Å². The van der Waals surface area contributed by atoms with Gasteiger partial charge in [-0.05, 0) is 18.3 Å². The first-order chi connectivity index (χ1) is 7.24. The van der Waals surface area contributed by atoms with Crippen molar-refractivity contribution < 1.29 is 0 Å². The monoisotopic (exact) mass is 205 g/mol. The van der Waals surface area contributed by atoms with Crippen LogP contribution < -0.4 is 5.32 Å². The van der Waals surface area contributed by atoms with Gasteiger partial charge in [-0.2, -0.15) is 10.4 Å². The summed E-state index contributed by atoms with van der Waals surface area (Å²) in [7, 11) is 1.86. The van der Waals surface area contributed by atoms with Crippen LogP contribution in [0.2, 0.25) is 0 Å². The van der Waals surface area contributed by atoms with E-state index in [9.17, 15) is 0 Å². The molecule has 1 aromatic heterocycles. The molecule has 0 aliphatic heterocycles. The molecule has 1 aliphatic rings. The topological polar surface area (TPSA) is 66.5 Å². The van der Waals surface area contributed by atoms with E-state index < -0.39 is 0 Å². The maximum absolute atomic E-state index is 8.66. The van der Waals surface area contributed by atoms with Gasteiger partial charge in [0.1, 0.15) is 6.33 Å². The zero-order valence-electron chi connectivity index (χ0n) is 8.90. The highest BCUT2D eigenvalue weighted by Gasteiger charge is 2.41. The summed E-state index contributed by atoms with van der Waals surface area (Å²) >= 11 is 0. The van der Waals surface area contributed by atoms with Crippen LogP contribution in [0.15, 0.2) is 6.33 Å². The Balaban J connectivity index is 1.74. The molecule has 80 valence electrons. The lowest BCUT2D eigenvalue weighted by molar-refractivity contribution is 0.461. The van der Waals surface area contributed by atoms with Gasteiger partial charge in [0.2, 0.25) is 0 Å². The molecule has 0 atom stereocenters.